The van der Waals surface area contributed by atoms with E-state index >= 15 is 0 Å². The van der Waals surface area contributed by atoms with Gasteiger partial charge in [-0.05, 0) is 60.9 Å². The second-order valence-electron chi connectivity index (χ2n) is 5.92. The Balaban J connectivity index is 1.85. The van der Waals surface area contributed by atoms with Crippen molar-refractivity contribution in [2.45, 2.75) is 19.4 Å². The molecule has 1 unspecified atom stereocenters. The number of halogens is 1. The van der Waals surface area contributed by atoms with Gasteiger partial charge in [0.2, 0.25) is 0 Å². The molecule has 1 aliphatic heterocycles. The molecule has 0 aromatic heterocycles. The Morgan fingerprint density at radius 1 is 1.29 bits per heavy atom. The molecule has 5 nitrogen and oxygen atoms in total. The Bertz CT molecular complexity index is 788. The standard InChI is InChI=1S/C18H19ClN4O/c1-12-9-13-3-6-16(20)10-14(13)11-21-23(12)18(24)22(2)17-7-4-15(19)5-8-17/h3-8,10-12H,9,20H2,1-2H3. The summed E-state index contributed by atoms with van der Waals surface area (Å²) in [6.45, 7) is 1.98. The number of nitrogens with two attached hydrogens (primary N) is 1. The summed E-state index contributed by atoms with van der Waals surface area (Å²) in [7, 11) is 1.73. The van der Waals surface area contributed by atoms with Crippen LogP contribution in [0.2, 0.25) is 5.02 Å². The third-order valence-electron chi connectivity index (χ3n) is 4.12. The Kier molecular flexibility index (Phi) is 4.44. The lowest BCUT2D eigenvalue weighted by Crippen LogP contribution is -2.43. The van der Waals surface area contributed by atoms with E-state index in [1.54, 1.807) is 30.3 Å². The van der Waals surface area contributed by atoms with Gasteiger partial charge < -0.3 is 5.73 Å². The number of rotatable bonds is 1. The van der Waals surface area contributed by atoms with Crippen LogP contribution in [0.15, 0.2) is 47.6 Å². The van der Waals surface area contributed by atoms with Crippen LogP contribution in [0.5, 0.6) is 0 Å². The predicted molar refractivity (Wildman–Crippen MR) is 98.7 cm³/mol. The number of benzene rings is 2. The number of fused-ring (bicyclic) bond motifs is 1. The number of amides is 2. The number of hydrazone groups is 1. The Labute approximate surface area is 146 Å². The summed E-state index contributed by atoms with van der Waals surface area (Å²) in [6.07, 6.45) is 2.42. The summed E-state index contributed by atoms with van der Waals surface area (Å²) >= 11 is 5.91. The molecular weight excluding hydrogens is 324 g/mol. The molecule has 1 aliphatic rings. The molecular formula is C18H19ClN4O. The third-order valence-corrected chi connectivity index (χ3v) is 4.37. The lowest BCUT2D eigenvalue weighted by atomic mass is 10.0. The minimum Gasteiger partial charge on any atom is -0.399 e. The maximum atomic E-state index is 12.8. The first-order valence-electron chi connectivity index (χ1n) is 7.70. The lowest BCUT2D eigenvalue weighted by Gasteiger charge is -2.28. The van der Waals surface area contributed by atoms with Gasteiger partial charge in [-0.15, -0.1) is 0 Å². The smallest absolute Gasteiger partial charge is 0.344 e. The van der Waals surface area contributed by atoms with Crippen LogP contribution in [0.3, 0.4) is 0 Å². The van der Waals surface area contributed by atoms with E-state index in [2.05, 4.69) is 5.10 Å². The molecule has 124 valence electrons. The quantitative estimate of drug-likeness (QED) is 0.802. The minimum absolute atomic E-state index is 0.0617. The van der Waals surface area contributed by atoms with Gasteiger partial charge in [0.15, 0.2) is 0 Å². The van der Waals surface area contributed by atoms with Crippen molar-refractivity contribution in [2.75, 3.05) is 17.7 Å². The highest BCUT2D eigenvalue weighted by atomic mass is 35.5. The second kappa shape index (κ2) is 6.53. The third kappa shape index (κ3) is 3.21. The average molecular weight is 343 g/mol. The summed E-state index contributed by atoms with van der Waals surface area (Å²) in [5.41, 5.74) is 9.36. The van der Waals surface area contributed by atoms with Crippen LogP contribution in [0.25, 0.3) is 0 Å². The fourth-order valence-electron chi connectivity index (χ4n) is 2.73. The normalized spacial score (nSPS) is 16.5. The summed E-state index contributed by atoms with van der Waals surface area (Å²) in [5.74, 6) is 0. The molecule has 0 saturated carbocycles. The van der Waals surface area contributed by atoms with Gasteiger partial charge in [0, 0.05) is 23.4 Å². The fourth-order valence-corrected chi connectivity index (χ4v) is 2.86. The van der Waals surface area contributed by atoms with E-state index in [1.165, 1.54) is 5.01 Å². The van der Waals surface area contributed by atoms with E-state index in [0.717, 1.165) is 23.2 Å². The molecule has 6 heteroatoms. The maximum absolute atomic E-state index is 12.8. The molecule has 2 amide bonds. The van der Waals surface area contributed by atoms with Crippen LogP contribution in [-0.2, 0) is 6.42 Å². The number of nitrogens with zero attached hydrogens (tertiary/aromatic N) is 3. The number of hydrogen-bond donors (Lipinski definition) is 1. The monoisotopic (exact) mass is 342 g/mol. The first kappa shape index (κ1) is 16.3. The largest absolute Gasteiger partial charge is 0.399 e. The molecule has 24 heavy (non-hydrogen) atoms. The minimum atomic E-state index is -0.193. The fraction of sp³-hybridized carbons (Fsp3) is 0.222. The Morgan fingerprint density at radius 3 is 2.71 bits per heavy atom. The molecule has 3 rings (SSSR count). The first-order valence-corrected chi connectivity index (χ1v) is 8.08. The molecule has 0 bridgehead atoms. The average Bonchev–Trinajstić information content (AvgIpc) is 2.72. The van der Waals surface area contributed by atoms with Crippen molar-refractivity contribution >= 4 is 35.2 Å². The summed E-state index contributed by atoms with van der Waals surface area (Å²) in [6, 6.07) is 12.6. The van der Waals surface area contributed by atoms with Crippen molar-refractivity contribution in [2.24, 2.45) is 5.10 Å². The van der Waals surface area contributed by atoms with Crippen molar-refractivity contribution in [1.29, 1.82) is 0 Å². The topological polar surface area (TPSA) is 61.9 Å². The second-order valence-corrected chi connectivity index (χ2v) is 6.35. The number of hydrogen-bond acceptors (Lipinski definition) is 3. The van der Waals surface area contributed by atoms with Crippen LogP contribution in [-0.4, -0.2) is 30.3 Å². The van der Waals surface area contributed by atoms with Gasteiger partial charge in [-0.3, -0.25) is 4.90 Å². The van der Waals surface area contributed by atoms with Crippen LogP contribution in [0.4, 0.5) is 16.2 Å². The van der Waals surface area contributed by atoms with E-state index in [4.69, 9.17) is 17.3 Å². The number of anilines is 2. The molecule has 1 atom stereocenters. The van der Waals surface area contributed by atoms with Crippen molar-refractivity contribution < 1.29 is 4.79 Å². The SMILES string of the molecule is CC1Cc2ccc(N)cc2C=NN1C(=O)N(C)c1ccc(Cl)cc1. The van der Waals surface area contributed by atoms with Crippen LogP contribution in [0.1, 0.15) is 18.1 Å². The van der Waals surface area contributed by atoms with Gasteiger partial charge in [0.25, 0.3) is 0 Å². The van der Waals surface area contributed by atoms with Crippen LogP contribution < -0.4 is 10.6 Å². The molecule has 0 spiro atoms. The number of urea groups is 1. The molecule has 0 aliphatic carbocycles. The van der Waals surface area contributed by atoms with Crippen molar-refractivity contribution in [3.8, 4) is 0 Å². The van der Waals surface area contributed by atoms with E-state index in [9.17, 15) is 4.79 Å². The maximum Gasteiger partial charge on any atom is 0.344 e. The van der Waals surface area contributed by atoms with Crippen LogP contribution >= 0.6 is 11.6 Å². The first-order chi connectivity index (χ1) is 11.5. The molecule has 0 saturated heterocycles. The molecule has 2 N–H and O–H groups in total. The zero-order valence-corrected chi connectivity index (χ0v) is 14.4. The zero-order valence-electron chi connectivity index (χ0n) is 13.6. The van der Waals surface area contributed by atoms with Crippen molar-refractivity contribution in [3.05, 3.63) is 58.6 Å². The molecule has 0 radical (unpaired) electrons. The zero-order chi connectivity index (χ0) is 17.3. The van der Waals surface area contributed by atoms with Gasteiger partial charge >= 0.3 is 6.03 Å². The molecule has 0 fully saturated rings. The van der Waals surface area contributed by atoms with Crippen molar-refractivity contribution in [1.82, 2.24) is 5.01 Å². The number of nitrogen functional groups attached to an aromatic ring is 1. The highest BCUT2D eigenvalue weighted by Crippen LogP contribution is 2.23. The summed E-state index contributed by atoms with van der Waals surface area (Å²) in [5, 5.41) is 6.52. The van der Waals surface area contributed by atoms with E-state index in [1.807, 2.05) is 37.3 Å². The lowest BCUT2D eigenvalue weighted by molar-refractivity contribution is 0.190. The van der Waals surface area contributed by atoms with Gasteiger partial charge in [-0.25, -0.2) is 9.80 Å². The van der Waals surface area contributed by atoms with E-state index < -0.39 is 0 Å². The number of carbonyl (C=O) groups is 1. The predicted octanol–water partition coefficient (Wildman–Crippen LogP) is 3.76. The highest BCUT2D eigenvalue weighted by molar-refractivity contribution is 6.30. The molecule has 2 aromatic rings. The van der Waals surface area contributed by atoms with Gasteiger partial charge in [-0.1, -0.05) is 17.7 Å². The molecule has 1 heterocycles. The van der Waals surface area contributed by atoms with E-state index in [-0.39, 0.29) is 12.1 Å². The highest BCUT2D eigenvalue weighted by Gasteiger charge is 2.26. The van der Waals surface area contributed by atoms with Gasteiger partial charge in [0.05, 0.1) is 12.3 Å². The Hall–Kier alpha value is -2.53. The summed E-state index contributed by atoms with van der Waals surface area (Å²) in [4.78, 5) is 14.4. The van der Waals surface area contributed by atoms with Gasteiger partial charge in [0.1, 0.15) is 0 Å². The number of carbonyl (C=O) groups excluding carboxylic acids is 1. The Morgan fingerprint density at radius 2 is 2.00 bits per heavy atom. The van der Waals surface area contributed by atoms with Crippen LogP contribution in [0, 0.1) is 0 Å². The van der Waals surface area contributed by atoms with Gasteiger partial charge in [-0.2, -0.15) is 5.10 Å². The molecule has 2 aromatic carbocycles. The van der Waals surface area contributed by atoms with Crippen molar-refractivity contribution in [3.63, 3.8) is 0 Å². The van der Waals surface area contributed by atoms with E-state index in [0.29, 0.717) is 10.7 Å². The summed E-state index contributed by atoms with van der Waals surface area (Å²) < 4.78 is 0.